The van der Waals surface area contributed by atoms with E-state index in [4.69, 9.17) is 26.1 Å². The fraction of sp³-hybridized carbons (Fsp3) is 0.278. The molecule has 3 rings (SSSR count). The minimum Gasteiger partial charge on any atom is -0.481 e. The lowest BCUT2D eigenvalue weighted by Crippen LogP contribution is -2.41. The van der Waals surface area contributed by atoms with Crippen molar-refractivity contribution in [1.29, 1.82) is 0 Å². The molecule has 3 aromatic heterocycles. The number of hydrogen-bond donors (Lipinski definition) is 5. The molecule has 12 heteroatoms. The van der Waals surface area contributed by atoms with Gasteiger partial charge in [-0.1, -0.05) is 0 Å². The molecule has 3 aromatic rings. The van der Waals surface area contributed by atoms with E-state index in [1.165, 1.54) is 6.07 Å². The first-order chi connectivity index (χ1) is 14.2. The maximum absolute atomic E-state index is 12.2. The molecule has 0 aliphatic heterocycles. The first-order valence-corrected chi connectivity index (χ1v) is 8.96. The highest BCUT2D eigenvalue weighted by atomic mass is 16.4. The Kier molecular flexibility index (Phi) is 5.85. The van der Waals surface area contributed by atoms with Crippen molar-refractivity contribution >= 4 is 40.6 Å². The molecule has 158 valence electrons. The molecule has 0 radical (unpaired) electrons. The molecule has 0 fully saturated rings. The molecular weight excluding hydrogens is 396 g/mol. The second kappa shape index (κ2) is 8.51. The van der Waals surface area contributed by atoms with Gasteiger partial charge in [0.1, 0.15) is 17.3 Å². The lowest BCUT2D eigenvalue weighted by molar-refractivity contribution is -0.140. The summed E-state index contributed by atoms with van der Waals surface area (Å²) in [5.74, 6) is -2.45. The first-order valence-electron chi connectivity index (χ1n) is 8.96. The Bertz CT molecular complexity index is 1100. The molecule has 1 amide bonds. The van der Waals surface area contributed by atoms with E-state index in [9.17, 15) is 14.4 Å². The number of rotatable bonds is 9. The van der Waals surface area contributed by atoms with E-state index in [1.807, 2.05) is 4.57 Å². The zero-order valence-electron chi connectivity index (χ0n) is 15.7. The van der Waals surface area contributed by atoms with Gasteiger partial charge in [-0.3, -0.25) is 9.59 Å². The number of nitrogen functional groups attached to an aromatic ring is 2. The predicted molar refractivity (Wildman–Crippen MR) is 105 cm³/mol. The van der Waals surface area contributed by atoms with Gasteiger partial charge in [0.15, 0.2) is 11.6 Å². The van der Waals surface area contributed by atoms with Gasteiger partial charge in [-0.2, -0.15) is 4.98 Å². The highest BCUT2D eigenvalue weighted by molar-refractivity contribution is 5.94. The number of carboxylic acids is 2. The van der Waals surface area contributed by atoms with Crippen LogP contribution in [0.15, 0.2) is 28.8 Å². The second-order valence-electron chi connectivity index (χ2n) is 6.52. The summed E-state index contributed by atoms with van der Waals surface area (Å²) in [5, 5.41) is 20.1. The van der Waals surface area contributed by atoms with Crippen LogP contribution in [0.1, 0.15) is 29.2 Å². The SMILES string of the molecule is Nc1nc(N)c2c(ccn2CCc2ccc(C(=O)N[C@H](CCC(=O)O)C(=O)O)o2)n1. The Morgan fingerprint density at radius 3 is 2.63 bits per heavy atom. The number of nitrogens with one attached hydrogen (secondary N) is 1. The average Bonchev–Trinajstić information content (AvgIpc) is 3.29. The van der Waals surface area contributed by atoms with Crippen LogP contribution in [0.3, 0.4) is 0 Å². The summed E-state index contributed by atoms with van der Waals surface area (Å²) in [6.45, 7) is 0.464. The van der Waals surface area contributed by atoms with Gasteiger partial charge >= 0.3 is 11.9 Å². The number of nitrogens with two attached hydrogens (primary N) is 2. The Labute approximate surface area is 169 Å². The van der Waals surface area contributed by atoms with Crippen molar-refractivity contribution in [3.63, 3.8) is 0 Å². The Hall–Kier alpha value is -4.09. The maximum atomic E-state index is 12.2. The third-order valence-electron chi connectivity index (χ3n) is 4.39. The molecule has 0 bridgehead atoms. The fourth-order valence-corrected chi connectivity index (χ4v) is 2.96. The van der Waals surface area contributed by atoms with Crippen LogP contribution in [0.4, 0.5) is 11.8 Å². The smallest absolute Gasteiger partial charge is 0.326 e. The third kappa shape index (κ3) is 4.66. The molecule has 12 nitrogen and oxygen atoms in total. The molecule has 1 atom stereocenters. The van der Waals surface area contributed by atoms with Crippen LogP contribution in [0.5, 0.6) is 0 Å². The molecule has 3 heterocycles. The number of carbonyl (C=O) groups excluding carboxylic acids is 1. The lowest BCUT2D eigenvalue weighted by Gasteiger charge is -2.12. The number of hydrogen-bond acceptors (Lipinski definition) is 8. The van der Waals surface area contributed by atoms with Crippen molar-refractivity contribution in [1.82, 2.24) is 19.9 Å². The monoisotopic (exact) mass is 416 g/mol. The summed E-state index contributed by atoms with van der Waals surface area (Å²) in [6.07, 6.45) is 1.58. The van der Waals surface area contributed by atoms with E-state index >= 15 is 0 Å². The highest BCUT2D eigenvalue weighted by Gasteiger charge is 2.23. The number of aryl methyl sites for hydroxylation is 2. The van der Waals surface area contributed by atoms with Gasteiger partial charge in [-0.15, -0.1) is 0 Å². The van der Waals surface area contributed by atoms with Crippen LogP contribution < -0.4 is 16.8 Å². The Balaban J connectivity index is 1.64. The van der Waals surface area contributed by atoms with Crippen LogP contribution in [0.2, 0.25) is 0 Å². The summed E-state index contributed by atoms with van der Waals surface area (Å²) >= 11 is 0. The first kappa shape index (κ1) is 20.6. The number of aliphatic carboxylic acids is 2. The molecule has 0 unspecified atom stereocenters. The van der Waals surface area contributed by atoms with Crippen molar-refractivity contribution in [3.8, 4) is 0 Å². The summed E-state index contributed by atoms with van der Waals surface area (Å²) in [5.41, 5.74) is 12.8. The Morgan fingerprint density at radius 2 is 1.93 bits per heavy atom. The normalized spacial score (nSPS) is 12.0. The van der Waals surface area contributed by atoms with Crippen molar-refractivity contribution in [2.45, 2.75) is 31.8 Å². The van der Waals surface area contributed by atoms with Crippen molar-refractivity contribution in [3.05, 3.63) is 35.9 Å². The number of nitrogens with zero attached hydrogens (tertiary/aromatic N) is 3. The lowest BCUT2D eigenvalue weighted by atomic mass is 10.1. The summed E-state index contributed by atoms with van der Waals surface area (Å²) in [7, 11) is 0. The Morgan fingerprint density at radius 1 is 1.17 bits per heavy atom. The van der Waals surface area contributed by atoms with Gasteiger partial charge in [0.25, 0.3) is 5.91 Å². The van der Waals surface area contributed by atoms with Gasteiger partial charge in [0, 0.05) is 25.6 Å². The number of carboxylic acid groups (broad SMARTS) is 2. The fourth-order valence-electron chi connectivity index (χ4n) is 2.96. The van der Waals surface area contributed by atoms with Crippen LogP contribution in [0, 0.1) is 0 Å². The minimum atomic E-state index is -1.33. The van der Waals surface area contributed by atoms with E-state index in [2.05, 4.69) is 15.3 Å². The molecule has 30 heavy (non-hydrogen) atoms. The maximum Gasteiger partial charge on any atom is 0.326 e. The van der Waals surface area contributed by atoms with E-state index < -0.39 is 23.9 Å². The molecule has 0 saturated carbocycles. The van der Waals surface area contributed by atoms with Gasteiger partial charge in [0.2, 0.25) is 5.95 Å². The molecular formula is C18H20N6O6. The second-order valence-corrected chi connectivity index (χ2v) is 6.52. The van der Waals surface area contributed by atoms with E-state index in [-0.39, 0.29) is 30.4 Å². The van der Waals surface area contributed by atoms with Crippen LogP contribution in [0.25, 0.3) is 11.0 Å². The van der Waals surface area contributed by atoms with E-state index in [0.29, 0.717) is 29.8 Å². The number of aromatic nitrogens is 3. The van der Waals surface area contributed by atoms with Crippen molar-refractivity contribution in [2.75, 3.05) is 11.5 Å². The third-order valence-corrected chi connectivity index (χ3v) is 4.39. The topological polar surface area (TPSA) is 200 Å². The number of carbonyl (C=O) groups is 3. The predicted octanol–water partition coefficient (Wildman–Crippen LogP) is 0.479. The van der Waals surface area contributed by atoms with Gasteiger partial charge < -0.3 is 36.0 Å². The van der Waals surface area contributed by atoms with Gasteiger partial charge in [0.05, 0.1) is 5.52 Å². The molecule has 0 aromatic carbocycles. The van der Waals surface area contributed by atoms with E-state index in [0.717, 1.165) is 0 Å². The number of amides is 1. The minimum absolute atomic E-state index is 0.0699. The molecule has 0 aliphatic carbocycles. The number of furan rings is 1. The van der Waals surface area contributed by atoms with Gasteiger partial charge in [-0.25, -0.2) is 9.78 Å². The summed E-state index contributed by atoms with van der Waals surface area (Å²) < 4.78 is 7.33. The zero-order valence-corrected chi connectivity index (χ0v) is 15.7. The highest BCUT2D eigenvalue weighted by Crippen LogP contribution is 2.21. The number of anilines is 2. The largest absolute Gasteiger partial charge is 0.481 e. The molecule has 0 saturated heterocycles. The van der Waals surface area contributed by atoms with E-state index in [1.54, 1.807) is 18.3 Å². The standard InChI is InChI=1S/C18H20N6O6/c19-15-14-10(22-18(20)23-15)6-8-24(14)7-5-9-1-3-12(30-9)16(27)21-11(17(28)29)2-4-13(25)26/h1,3,6,8,11H,2,4-5,7H2,(H,21,27)(H,25,26)(H,28,29)(H4,19,20,22,23)/t11-/m1/s1. The number of fused-ring (bicyclic) bond motifs is 1. The van der Waals surface area contributed by atoms with Crippen LogP contribution >= 0.6 is 0 Å². The molecule has 0 spiro atoms. The van der Waals surface area contributed by atoms with Crippen LogP contribution in [-0.4, -0.2) is 48.6 Å². The zero-order chi connectivity index (χ0) is 21.8. The quantitative estimate of drug-likeness (QED) is 0.327. The molecule has 7 N–H and O–H groups in total. The average molecular weight is 416 g/mol. The summed E-state index contributed by atoms with van der Waals surface area (Å²) in [4.78, 5) is 42.1. The summed E-state index contributed by atoms with van der Waals surface area (Å²) in [6, 6.07) is 3.45. The molecule has 0 aliphatic rings. The van der Waals surface area contributed by atoms with Crippen LogP contribution in [-0.2, 0) is 22.6 Å². The van der Waals surface area contributed by atoms with Crippen molar-refractivity contribution < 1.29 is 29.0 Å². The van der Waals surface area contributed by atoms with Gasteiger partial charge in [-0.05, 0) is 24.6 Å². The van der Waals surface area contributed by atoms with Crippen molar-refractivity contribution in [2.24, 2.45) is 0 Å².